The van der Waals surface area contributed by atoms with Crippen LogP contribution in [0, 0.1) is 0 Å². The molecule has 0 amide bonds. The minimum Gasteiger partial charge on any atom is -0.288 e. The molecule has 0 aromatic rings. The van der Waals surface area contributed by atoms with Gasteiger partial charge >= 0.3 is 0 Å². The van der Waals surface area contributed by atoms with Crippen LogP contribution in [0.2, 0.25) is 0 Å². The summed E-state index contributed by atoms with van der Waals surface area (Å²) in [5, 5.41) is 0. The highest BCUT2D eigenvalue weighted by Gasteiger charge is 2.00. The topological polar surface area (TPSA) is 12.4 Å². The fourth-order valence-electron chi connectivity index (χ4n) is 1.14. The Hall–Kier alpha value is -0.850. The van der Waals surface area contributed by atoms with Crippen LogP contribution in [0.15, 0.2) is 28.8 Å². The fraction of sp³-hybridized carbons (Fsp3) is 0.500. The summed E-state index contributed by atoms with van der Waals surface area (Å²) in [7, 11) is 1.80. The maximum Gasteiger partial charge on any atom is 0.0596 e. The van der Waals surface area contributed by atoms with E-state index in [0.29, 0.717) is 0 Å². The molecule has 0 aromatic carbocycles. The lowest BCUT2D eigenvalue weighted by Crippen LogP contribution is -1.99. The third kappa shape index (κ3) is 2.71. The summed E-state index contributed by atoms with van der Waals surface area (Å²) in [6.07, 6.45) is 2.84. The Kier molecular flexibility index (Phi) is 4.51. The quantitative estimate of drug-likeness (QED) is 0.550. The molecule has 0 aliphatic rings. The molecule has 0 aromatic heterocycles. The molecule has 0 unspecified atom stereocenters. The van der Waals surface area contributed by atoms with Gasteiger partial charge in [-0.3, -0.25) is 4.99 Å². The van der Waals surface area contributed by atoms with Gasteiger partial charge in [-0.05, 0) is 31.9 Å². The summed E-state index contributed by atoms with van der Waals surface area (Å²) in [6, 6.07) is 0. The van der Waals surface area contributed by atoms with E-state index in [1.807, 2.05) is 6.08 Å². The molecule has 1 heteroatoms. The highest BCUT2D eigenvalue weighted by atomic mass is 14.7. The van der Waals surface area contributed by atoms with Gasteiger partial charge in [-0.15, -0.1) is 0 Å². The first-order valence-electron chi connectivity index (χ1n) is 3.93. The first kappa shape index (κ1) is 10.2. The summed E-state index contributed by atoms with van der Waals surface area (Å²) in [6.45, 7) is 10.1. The average Bonchev–Trinajstić information content (AvgIpc) is 1.99. The Morgan fingerprint density at radius 1 is 1.45 bits per heavy atom. The molecule has 0 fully saturated rings. The smallest absolute Gasteiger partial charge is 0.0596 e. The summed E-state index contributed by atoms with van der Waals surface area (Å²) >= 11 is 0. The molecule has 0 bridgehead atoms. The van der Waals surface area contributed by atoms with Crippen LogP contribution in [0.25, 0.3) is 0 Å². The minimum atomic E-state index is 1.02. The van der Waals surface area contributed by atoms with Gasteiger partial charge in [-0.1, -0.05) is 19.1 Å². The number of aliphatic imine (C=N–C) groups is 1. The Morgan fingerprint density at radius 3 is 2.09 bits per heavy atom. The second-order valence-electron chi connectivity index (χ2n) is 2.65. The van der Waals surface area contributed by atoms with Crippen LogP contribution in [0.3, 0.4) is 0 Å². The number of hydrogen-bond acceptors (Lipinski definition) is 1. The molecule has 1 nitrogen and oxygen atoms in total. The van der Waals surface area contributed by atoms with Crippen molar-refractivity contribution in [1.29, 1.82) is 0 Å². The molecule has 0 aliphatic heterocycles. The molecule has 11 heavy (non-hydrogen) atoms. The maximum atomic E-state index is 4.14. The van der Waals surface area contributed by atoms with Gasteiger partial charge in [0.05, 0.1) is 5.71 Å². The monoisotopic (exact) mass is 151 g/mol. The summed E-state index contributed by atoms with van der Waals surface area (Å²) in [5.74, 6) is 0. The van der Waals surface area contributed by atoms with Gasteiger partial charge in [-0.2, -0.15) is 0 Å². The standard InChI is InChI=1S/C10H17N/c1-6-9(8(3)4)10(7-2)11-5/h7H,2,6H2,1,3-5H3/b11-10-. The molecule has 0 heterocycles. The van der Waals surface area contributed by atoms with Crippen molar-refractivity contribution in [2.75, 3.05) is 7.05 Å². The van der Waals surface area contributed by atoms with Crippen molar-refractivity contribution in [3.63, 3.8) is 0 Å². The van der Waals surface area contributed by atoms with Crippen molar-refractivity contribution in [3.05, 3.63) is 23.8 Å². The van der Waals surface area contributed by atoms with Crippen molar-refractivity contribution in [2.24, 2.45) is 4.99 Å². The molecule has 0 spiro atoms. The molecule has 0 N–H and O–H groups in total. The van der Waals surface area contributed by atoms with Gasteiger partial charge < -0.3 is 0 Å². The molecule has 0 aliphatic carbocycles. The van der Waals surface area contributed by atoms with Gasteiger partial charge in [-0.25, -0.2) is 0 Å². The van der Waals surface area contributed by atoms with Gasteiger partial charge in [0.2, 0.25) is 0 Å². The van der Waals surface area contributed by atoms with Crippen molar-refractivity contribution >= 4 is 5.71 Å². The van der Waals surface area contributed by atoms with Crippen LogP contribution in [0.1, 0.15) is 27.2 Å². The van der Waals surface area contributed by atoms with Gasteiger partial charge in [0.15, 0.2) is 0 Å². The van der Waals surface area contributed by atoms with Crippen molar-refractivity contribution in [2.45, 2.75) is 27.2 Å². The van der Waals surface area contributed by atoms with Crippen LogP contribution < -0.4 is 0 Å². The predicted octanol–water partition coefficient (Wildman–Crippen LogP) is 2.99. The predicted molar refractivity (Wildman–Crippen MR) is 52.2 cm³/mol. The normalized spacial score (nSPS) is 11.1. The second-order valence-corrected chi connectivity index (χ2v) is 2.65. The van der Waals surface area contributed by atoms with E-state index in [4.69, 9.17) is 0 Å². The van der Waals surface area contributed by atoms with E-state index in [0.717, 1.165) is 12.1 Å². The first-order valence-corrected chi connectivity index (χ1v) is 3.93. The molecule has 0 saturated heterocycles. The molecule has 0 rings (SSSR count). The van der Waals surface area contributed by atoms with Crippen LogP contribution in [0.4, 0.5) is 0 Å². The number of rotatable bonds is 3. The minimum absolute atomic E-state index is 1.02. The largest absolute Gasteiger partial charge is 0.288 e. The average molecular weight is 151 g/mol. The second kappa shape index (κ2) is 4.89. The van der Waals surface area contributed by atoms with Crippen LogP contribution >= 0.6 is 0 Å². The molecule has 0 saturated carbocycles. The third-order valence-electron chi connectivity index (χ3n) is 1.70. The lowest BCUT2D eigenvalue weighted by atomic mass is 10.0. The lowest BCUT2D eigenvalue weighted by molar-refractivity contribution is 1.12. The molecular formula is C10H17N. The highest BCUT2D eigenvalue weighted by molar-refractivity contribution is 6.08. The number of allylic oxidation sites excluding steroid dienone is 3. The first-order chi connectivity index (χ1) is 5.17. The molecule has 0 radical (unpaired) electrons. The molecule has 0 atom stereocenters. The Morgan fingerprint density at radius 2 is 2.00 bits per heavy atom. The highest BCUT2D eigenvalue weighted by Crippen LogP contribution is 2.10. The third-order valence-corrected chi connectivity index (χ3v) is 1.70. The van der Waals surface area contributed by atoms with E-state index >= 15 is 0 Å². The van der Waals surface area contributed by atoms with Crippen molar-refractivity contribution < 1.29 is 0 Å². The Balaban J connectivity index is 4.78. The van der Waals surface area contributed by atoms with Crippen molar-refractivity contribution in [3.8, 4) is 0 Å². The summed E-state index contributed by atoms with van der Waals surface area (Å²) < 4.78 is 0. The van der Waals surface area contributed by atoms with E-state index in [9.17, 15) is 0 Å². The van der Waals surface area contributed by atoms with E-state index in [1.165, 1.54) is 11.1 Å². The SMILES string of the molecule is C=C/C(=N/C)C(CC)=C(C)C. The zero-order valence-corrected chi connectivity index (χ0v) is 7.94. The van der Waals surface area contributed by atoms with E-state index in [2.05, 4.69) is 32.3 Å². The van der Waals surface area contributed by atoms with E-state index < -0.39 is 0 Å². The van der Waals surface area contributed by atoms with Crippen LogP contribution in [-0.2, 0) is 0 Å². The van der Waals surface area contributed by atoms with Gasteiger partial charge in [0, 0.05) is 7.05 Å². The van der Waals surface area contributed by atoms with Crippen molar-refractivity contribution in [1.82, 2.24) is 0 Å². The lowest BCUT2D eigenvalue weighted by Gasteiger charge is -2.05. The maximum absolute atomic E-state index is 4.14. The zero-order chi connectivity index (χ0) is 8.85. The van der Waals surface area contributed by atoms with Gasteiger partial charge in [0.1, 0.15) is 0 Å². The molecule has 62 valence electrons. The van der Waals surface area contributed by atoms with Crippen LogP contribution in [-0.4, -0.2) is 12.8 Å². The van der Waals surface area contributed by atoms with E-state index in [1.54, 1.807) is 7.05 Å². The fourth-order valence-corrected chi connectivity index (χ4v) is 1.14. The zero-order valence-electron chi connectivity index (χ0n) is 7.94. The molecular weight excluding hydrogens is 134 g/mol. The summed E-state index contributed by atoms with van der Waals surface area (Å²) in [4.78, 5) is 4.14. The van der Waals surface area contributed by atoms with E-state index in [-0.39, 0.29) is 0 Å². The number of nitrogens with zero attached hydrogens (tertiary/aromatic N) is 1. The Bertz CT molecular complexity index is 193. The Labute approximate surface area is 69.5 Å². The summed E-state index contributed by atoms with van der Waals surface area (Å²) in [5.41, 5.74) is 3.66. The van der Waals surface area contributed by atoms with Crippen LogP contribution in [0.5, 0.6) is 0 Å². The number of hydrogen-bond donors (Lipinski definition) is 0. The van der Waals surface area contributed by atoms with Gasteiger partial charge in [0.25, 0.3) is 0 Å².